The summed E-state index contributed by atoms with van der Waals surface area (Å²) >= 11 is 0. The summed E-state index contributed by atoms with van der Waals surface area (Å²) in [6.45, 7) is 9.18. The predicted molar refractivity (Wildman–Crippen MR) is 84.3 cm³/mol. The molecule has 20 heavy (non-hydrogen) atoms. The van der Waals surface area contributed by atoms with Crippen LogP contribution in [0.5, 0.6) is 0 Å². The molecule has 1 aromatic heterocycles. The maximum atomic E-state index is 12.0. The molecule has 112 valence electrons. The number of unbranched alkanes of at least 4 members (excludes halogenated alkanes) is 1. The SMILES string of the molecule is CCCCNC(=O)c1cc(N(CCC)CCC)ccn1. The normalized spacial score (nSPS) is 10.3. The Kier molecular flexibility index (Phi) is 7.70. The van der Waals surface area contributed by atoms with Gasteiger partial charge in [0.05, 0.1) is 0 Å². The van der Waals surface area contributed by atoms with E-state index < -0.39 is 0 Å². The second kappa shape index (κ2) is 9.34. The zero-order chi connectivity index (χ0) is 14.8. The molecule has 4 nitrogen and oxygen atoms in total. The number of pyridine rings is 1. The van der Waals surface area contributed by atoms with Crippen LogP contribution < -0.4 is 10.2 Å². The molecule has 0 saturated heterocycles. The number of amides is 1. The molecule has 1 rings (SSSR count). The Morgan fingerprint density at radius 1 is 1.20 bits per heavy atom. The van der Waals surface area contributed by atoms with Gasteiger partial charge in [-0.05, 0) is 31.4 Å². The van der Waals surface area contributed by atoms with Crippen molar-refractivity contribution < 1.29 is 4.79 Å². The van der Waals surface area contributed by atoms with E-state index in [9.17, 15) is 4.79 Å². The highest BCUT2D eigenvalue weighted by Gasteiger charge is 2.10. The molecule has 1 aromatic rings. The van der Waals surface area contributed by atoms with Crippen molar-refractivity contribution in [1.29, 1.82) is 0 Å². The Morgan fingerprint density at radius 2 is 1.90 bits per heavy atom. The van der Waals surface area contributed by atoms with Gasteiger partial charge in [-0.25, -0.2) is 0 Å². The van der Waals surface area contributed by atoms with Crippen LogP contribution in [0.3, 0.4) is 0 Å². The summed E-state index contributed by atoms with van der Waals surface area (Å²) in [5.41, 5.74) is 1.60. The number of aromatic nitrogens is 1. The van der Waals surface area contributed by atoms with Crippen LogP contribution in [0, 0.1) is 0 Å². The second-order valence-corrected chi connectivity index (χ2v) is 5.00. The first-order chi connectivity index (χ1) is 9.72. The predicted octanol–water partition coefficient (Wildman–Crippen LogP) is 3.24. The lowest BCUT2D eigenvalue weighted by atomic mass is 10.2. The third-order valence-electron chi connectivity index (χ3n) is 3.14. The number of anilines is 1. The summed E-state index contributed by atoms with van der Waals surface area (Å²) in [4.78, 5) is 18.5. The van der Waals surface area contributed by atoms with Crippen molar-refractivity contribution in [2.45, 2.75) is 46.5 Å². The maximum absolute atomic E-state index is 12.0. The van der Waals surface area contributed by atoms with E-state index in [4.69, 9.17) is 0 Å². The summed E-state index contributed by atoms with van der Waals surface area (Å²) in [6, 6.07) is 3.88. The first-order valence-electron chi connectivity index (χ1n) is 7.72. The minimum absolute atomic E-state index is 0.0757. The van der Waals surface area contributed by atoms with Crippen molar-refractivity contribution in [3.8, 4) is 0 Å². The van der Waals surface area contributed by atoms with Crippen LogP contribution in [0.1, 0.15) is 56.9 Å². The fraction of sp³-hybridized carbons (Fsp3) is 0.625. The van der Waals surface area contributed by atoms with Gasteiger partial charge in [0.2, 0.25) is 0 Å². The van der Waals surface area contributed by atoms with Crippen LogP contribution in [-0.4, -0.2) is 30.5 Å². The number of rotatable bonds is 9. The van der Waals surface area contributed by atoms with Crippen LogP contribution >= 0.6 is 0 Å². The van der Waals surface area contributed by atoms with Gasteiger partial charge in [-0.15, -0.1) is 0 Å². The van der Waals surface area contributed by atoms with Gasteiger partial charge in [-0.3, -0.25) is 9.78 Å². The van der Waals surface area contributed by atoms with Crippen molar-refractivity contribution in [1.82, 2.24) is 10.3 Å². The lowest BCUT2D eigenvalue weighted by Gasteiger charge is -2.23. The number of carbonyl (C=O) groups excluding carboxylic acids is 1. The zero-order valence-electron chi connectivity index (χ0n) is 13.0. The van der Waals surface area contributed by atoms with E-state index in [1.807, 2.05) is 12.1 Å². The van der Waals surface area contributed by atoms with E-state index >= 15 is 0 Å². The molecular weight excluding hydrogens is 250 g/mol. The molecule has 0 fully saturated rings. The molecule has 0 atom stereocenters. The molecule has 0 aliphatic carbocycles. The van der Waals surface area contributed by atoms with Crippen LogP contribution in [0.15, 0.2) is 18.3 Å². The first-order valence-corrected chi connectivity index (χ1v) is 7.72. The van der Waals surface area contributed by atoms with Crippen molar-refractivity contribution in [2.75, 3.05) is 24.5 Å². The number of nitrogens with one attached hydrogen (secondary N) is 1. The Balaban J connectivity index is 2.74. The van der Waals surface area contributed by atoms with E-state index in [-0.39, 0.29) is 5.91 Å². The standard InChI is InChI=1S/C16H27N3O/c1-4-7-9-18-16(20)15-13-14(8-10-17-15)19(11-5-2)12-6-3/h8,10,13H,4-7,9,11-12H2,1-3H3,(H,18,20). The lowest BCUT2D eigenvalue weighted by molar-refractivity contribution is 0.0948. The molecule has 0 spiro atoms. The summed E-state index contributed by atoms with van der Waals surface area (Å²) in [5, 5.41) is 2.91. The Labute approximate surface area is 122 Å². The maximum Gasteiger partial charge on any atom is 0.269 e. The van der Waals surface area contributed by atoms with E-state index in [1.165, 1.54) is 0 Å². The minimum atomic E-state index is -0.0757. The Bertz CT molecular complexity index is 400. The molecule has 0 aromatic carbocycles. The average Bonchev–Trinajstić information content (AvgIpc) is 2.47. The van der Waals surface area contributed by atoms with Crippen LogP contribution in [0.2, 0.25) is 0 Å². The largest absolute Gasteiger partial charge is 0.371 e. The van der Waals surface area contributed by atoms with Crippen LogP contribution in [0.25, 0.3) is 0 Å². The molecule has 0 aliphatic heterocycles. The molecule has 4 heteroatoms. The smallest absolute Gasteiger partial charge is 0.269 e. The molecular formula is C16H27N3O. The number of carbonyl (C=O) groups is 1. The van der Waals surface area contributed by atoms with E-state index in [0.717, 1.165) is 51.0 Å². The van der Waals surface area contributed by atoms with Gasteiger partial charge in [0.15, 0.2) is 0 Å². The second-order valence-electron chi connectivity index (χ2n) is 5.00. The fourth-order valence-corrected chi connectivity index (χ4v) is 2.12. The first kappa shape index (κ1) is 16.5. The molecule has 0 radical (unpaired) electrons. The zero-order valence-corrected chi connectivity index (χ0v) is 13.0. The number of hydrogen-bond donors (Lipinski definition) is 1. The lowest BCUT2D eigenvalue weighted by Crippen LogP contribution is -2.27. The van der Waals surface area contributed by atoms with E-state index in [2.05, 4.69) is 36.0 Å². The van der Waals surface area contributed by atoms with Crippen LogP contribution in [-0.2, 0) is 0 Å². The molecule has 1 N–H and O–H groups in total. The highest BCUT2D eigenvalue weighted by atomic mass is 16.1. The number of hydrogen-bond acceptors (Lipinski definition) is 3. The van der Waals surface area contributed by atoms with Gasteiger partial charge in [-0.1, -0.05) is 27.2 Å². The van der Waals surface area contributed by atoms with Crippen LogP contribution in [0.4, 0.5) is 5.69 Å². The highest BCUT2D eigenvalue weighted by molar-refractivity contribution is 5.93. The number of nitrogens with zero attached hydrogens (tertiary/aromatic N) is 2. The molecule has 0 unspecified atom stereocenters. The summed E-state index contributed by atoms with van der Waals surface area (Å²) < 4.78 is 0. The molecule has 0 saturated carbocycles. The third-order valence-corrected chi connectivity index (χ3v) is 3.14. The van der Waals surface area contributed by atoms with Crippen molar-refractivity contribution in [2.24, 2.45) is 0 Å². The van der Waals surface area contributed by atoms with Gasteiger partial charge in [0.1, 0.15) is 5.69 Å². The van der Waals surface area contributed by atoms with Gasteiger partial charge >= 0.3 is 0 Å². The summed E-state index contributed by atoms with van der Waals surface area (Å²) in [5.74, 6) is -0.0757. The highest BCUT2D eigenvalue weighted by Crippen LogP contribution is 2.15. The minimum Gasteiger partial charge on any atom is -0.371 e. The fourth-order valence-electron chi connectivity index (χ4n) is 2.12. The van der Waals surface area contributed by atoms with Gasteiger partial charge in [-0.2, -0.15) is 0 Å². The molecule has 0 bridgehead atoms. The van der Waals surface area contributed by atoms with Crippen molar-refractivity contribution in [3.63, 3.8) is 0 Å². The average molecular weight is 277 g/mol. The Hall–Kier alpha value is -1.58. The van der Waals surface area contributed by atoms with Gasteiger partial charge in [0, 0.05) is 31.5 Å². The van der Waals surface area contributed by atoms with Gasteiger partial charge in [0.25, 0.3) is 5.91 Å². The monoisotopic (exact) mass is 277 g/mol. The van der Waals surface area contributed by atoms with Crippen molar-refractivity contribution >= 4 is 11.6 Å². The molecule has 1 heterocycles. The van der Waals surface area contributed by atoms with Gasteiger partial charge < -0.3 is 10.2 Å². The quantitative estimate of drug-likeness (QED) is 0.705. The molecule has 1 amide bonds. The molecule has 0 aliphatic rings. The van der Waals surface area contributed by atoms with E-state index in [0.29, 0.717) is 5.69 Å². The summed E-state index contributed by atoms with van der Waals surface area (Å²) in [7, 11) is 0. The Morgan fingerprint density at radius 3 is 2.50 bits per heavy atom. The van der Waals surface area contributed by atoms with E-state index in [1.54, 1.807) is 6.20 Å². The summed E-state index contributed by atoms with van der Waals surface area (Å²) in [6.07, 6.45) is 6.00. The third kappa shape index (κ3) is 5.19. The van der Waals surface area contributed by atoms with Crippen molar-refractivity contribution in [3.05, 3.63) is 24.0 Å². The topological polar surface area (TPSA) is 45.2 Å².